The normalized spacial score (nSPS) is 11.9. The van der Waals surface area contributed by atoms with Gasteiger partial charge in [-0.15, -0.1) is 5.10 Å². The van der Waals surface area contributed by atoms with Crippen molar-refractivity contribution >= 4 is 23.6 Å². The number of carbonyl (C=O) groups is 1. The zero-order valence-corrected chi connectivity index (χ0v) is 18.0. The van der Waals surface area contributed by atoms with Gasteiger partial charge in [0.1, 0.15) is 10.8 Å². The van der Waals surface area contributed by atoms with Crippen molar-refractivity contribution in [1.82, 2.24) is 30.1 Å². The molecule has 0 saturated carbocycles. The first-order valence-corrected chi connectivity index (χ1v) is 10.2. The third-order valence-electron chi connectivity index (χ3n) is 4.63. The van der Waals surface area contributed by atoms with Crippen LogP contribution in [0.1, 0.15) is 24.1 Å². The summed E-state index contributed by atoms with van der Waals surface area (Å²) in [5.41, 5.74) is 2.71. The van der Waals surface area contributed by atoms with Gasteiger partial charge in [0, 0.05) is 20.1 Å². The van der Waals surface area contributed by atoms with Crippen LogP contribution < -0.4 is 5.32 Å². The second-order valence-corrected chi connectivity index (χ2v) is 7.43. The molecule has 0 bridgehead atoms. The van der Waals surface area contributed by atoms with Gasteiger partial charge in [0.05, 0.1) is 17.5 Å². The first kappa shape index (κ1) is 22.6. The fourth-order valence-corrected chi connectivity index (χ4v) is 3.27. The van der Waals surface area contributed by atoms with E-state index in [1.165, 1.54) is 6.08 Å². The Kier molecular flexibility index (Phi) is 7.17. The second kappa shape index (κ2) is 9.82. The van der Waals surface area contributed by atoms with Gasteiger partial charge in [0.15, 0.2) is 0 Å². The van der Waals surface area contributed by atoms with E-state index in [0.717, 1.165) is 11.3 Å². The quantitative estimate of drug-likeness (QED) is 0.504. The fraction of sp³-hybridized carbons (Fsp3) is 0.333. The molecule has 0 aliphatic carbocycles. The van der Waals surface area contributed by atoms with Gasteiger partial charge in [-0.05, 0) is 31.4 Å². The number of hydrogen-bond acceptors (Lipinski definition) is 4. The zero-order chi connectivity index (χ0) is 22.4. The van der Waals surface area contributed by atoms with Gasteiger partial charge >= 0.3 is 5.92 Å². The van der Waals surface area contributed by atoms with Crippen molar-refractivity contribution in [2.24, 2.45) is 7.05 Å². The van der Waals surface area contributed by atoms with Crippen LogP contribution in [0.3, 0.4) is 0 Å². The molecule has 1 amide bonds. The molecule has 0 aliphatic heterocycles. The molecule has 2 aromatic heterocycles. The lowest BCUT2D eigenvalue weighted by Gasteiger charge is -2.12. The van der Waals surface area contributed by atoms with Crippen LogP contribution in [0.2, 0.25) is 5.15 Å². The number of hydrogen-bond donors (Lipinski definition) is 1. The lowest BCUT2D eigenvalue weighted by molar-refractivity contribution is -0.139. The summed E-state index contributed by atoms with van der Waals surface area (Å²) >= 11 is 6.24. The molecular formula is C21H23ClF2N6O. The molecule has 1 N–H and O–H groups in total. The van der Waals surface area contributed by atoms with Crippen LogP contribution in [0, 0.1) is 6.92 Å². The lowest BCUT2D eigenvalue weighted by atomic mass is 10.2. The van der Waals surface area contributed by atoms with E-state index in [1.807, 2.05) is 6.92 Å². The molecular weight excluding hydrogens is 426 g/mol. The number of unbranched alkanes of at least 4 members (excludes halogenated alkanes) is 1. The molecule has 0 unspecified atom stereocenters. The number of halogens is 3. The van der Waals surface area contributed by atoms with E-state index in [9.17, 15) is 13.6 Å². The maximum atomic E-state index is 14.0. The van der Waals surface area contributed by atoms with E-state index in [1.54, 1.807) is 52.9 Å². The standard InChI is InChI=1S/C21H23ClF2N6O/c1-15-18(19(22)29(2)27-15)17-14-30(28-26-17)13-7-6-12-25-20(31)21(23,24)11-10-16-8-4-3-5-9-16/h3-5,8-11,14H,6-7,12-13H2,1-2H3,(H,25,31)/b11-10+. The fourth-order valence-electron chi connectivity index (χ4n) is 3.00. The van der Waals surface area contributed by atoms with E-state index in [-0.39, 0.29) is 6.54 Å². The van der Waals surface area contributed by atoms with Gasteiger partial charge in [0.2, 0.25) is 0 Å². The number of alkyl halides is 2. The van der Waals surface area contributed by atoms with E-state index in [0.29, 0.717) is 41.9 Å². The number of carbonyl (C=O) groups excluding carboxylic acids is 1. The molecule has 3 aromatic rings. The average Bonchev–Trinajstić information content (AvgIpc) is 3.30. The van der Waals surface area contributed by atoms with Gasteiger partial charge < -0.3 is 5.32 Å². The number of aryl methyl sites for hydroxylation is 3. The monoisotopic (exact) mass is 448 g/mol. The third-order valence-corrected chi connectivity index (χ3v) is 5.07. The summed E-state index contributed by atoms with van der Waals surface area (Å²) in [5.74, 6) is -4.89. The highest BCUT2D eigenvalue weighted by Crippen LogP contribution is 2.28. The van der Waals surface area contributed by atoms with Crippen LogP contribution in [-0.4, -0.2) is 43.1 Å². The minimum Gasteiger partial charge on any atom is -0.351 e. The Hall–Kier alpha value is -3.07. The average molecular weight is 449 g/mol. The van der Waals surface area contributed by atoms with E-state index in [4.69, 9.17) is 11.6 Å². The summed E-state index contributed by atoms with van der Waals surface area (Å²) in [7, 11) is 1.75. The predicted molar refractivity (Wildman–Crippen MR) is 115 cm³/mol. The van der Waals surface area contributed by atoms with Crippen molar-refractivity contribution in [1.29, 1.82) is 0 Å². The molecule has 164 valence electrons. The smallest absolute Gasteiger partial charge is 0.343 e. The molecule has 10 heteroatoms. The van der Waals surface area contributed by atoms with Gasteiger partial charge in [-0.3, -0.25) is 14.2 Å². The highest BCUT2D eigenvalue weighted by Gasteiger charge is 2.35. The lowest BCUT2D eigenvalue weighted by Crippen LogP contribution is -2.39. The topological polar surface area (TPSA) is 77.6 Å². The van der Waals surface area contributed by atoms with Crippen LogP contribution in [0.5, 0.6) is 0 Å². The number of rotatable bonds is 9. The molecule has 0 aliphatic rings. The van der Waals surface area contributed by atoms with Gasteiger partial charge in [-0.1, -0.05) is 53.2 Å². The molecule has 1 aromatic carbocycles. The first-order chi connectivity index (χ1) is 14.8. The molecule has 0 spiro atoms. The molecule has 0 saturated heterocycles. The van der Waals surface area contributed by atoms with Crippen LogP contribution in [-0.2, 0) is 18.4 Å². The second-order valence-electron chi connectivity index (χ2n) is 7.07. The Morgan fingerprint density at radius 1 is 1.26 bits per heavy atom. The van der Waals surface area contributed by atoms with Crippen molar-refractivity contribution in [3.05, 3.63) is 59.0 Å². The van der Waals surface area contributed by atoms with E-state index in [2.05, 4.69) is 20.7 Å². The highest BCUT2D eigenvalue weighted by molar-refractivity contribution is 6.32. The number of amides is 1. The van der Waals surface area contributed by atoms with Gasteiger partial charge in [0.25, 0.3) is 5.91 Å². The Morgan fingerprint density at radius 3 is 2.68 bits per heavy atom. The summed E-state index contributed by atoms with van der Waals surface area (Å²) in [6.45, 7) is 2.51. The largest absolute Gasteiger partial charge is 0.351 e. The van der Waals surface area contributed by atoms with Crippen LogP contribution in [0.25, 0.3) is 17.3 Å². The summed E-state index contributed by atoms with van der Waals surface area (Å²) in [5, 5.41) is 15.2. The van der Waals surface area contributed by atoms with Crippen molar-refractivity contribution in [2.45, 2.75) is 32.2 Å². The summed E-state index contributed by atoms with van der Waals surface area (Å²) in [4.78, 5) is 11.8. The maximum Gasteiger partial charge on any atom is 0.343 e. The molecule has 0 radical (unpaired) electrons. The maximum absolute atomic E-state index is 14.0. The molecule has 3 rings (SSSR count). The van der Waals surface area contributed by atoms with Crippen molar-refractivity contribution in [3.63, 3.8) is 0 Å². The van der Waals surface area contributed by atoms with Crippen LogP contribution >= 0.6 is 11.6 Å². The van der Waals surface area contributed by atoms with Crippen molar-refractivity contribution < 1.29 is 13.6 Å². The molecule has 31 heavy (non-hydrogen) atoms. The summed E-state index contributed by atoms with van der Waals surface area (Å²) in [6.07, 6.45) is 4.76. The van der Waals surface area contributed by atoms with E-state index < -0.39 is 11.8 Å². The minimum atomic E-state index is -3.57. The number of nitrogens with one attached hydrogen (secondary N) is 1. The Morgan fingerprint density at radius 2 is 2.00 bits per heavy atom. The third kappa shape index (κ3) is 5.75. The molecule has 0 atom stereocenters. The SMILES string of the molecule is Cc1nn(C)c(Cl)c1-c1cn(CCCCNC(=O)C(F)(F)/C=C/c2ccccc2)nn1. The van der Waals surface area contributed by atoms with E-state index >= 15 is 0 Å². The minimum absolute atomic E-state index is 0.142. The van der Waals surface area contributed by atoms with Gasteiger partial charge in [-0.2, -0.15) is 13.9 Å². The predicted octanol–water partition coefficient (Wildman–Crippen LogP) is 3.89. The van der Waals surface area contributed by atoms with Gasteiger partial charge in [-0.25, -0.2) is 0 Å². The zero-order valence-electron chi connectivity index (χ0n) is 17.2. The first-order valence-electron chi connectivity index (χ1n) is 9.78. The number of nitrogens with zero attached hydrogens (tertiary/aromatic N) is 5. The van der Waals surface area contributed by atoms with Crippen LogP contribution in [0.15, 0.2) is 42.6 Å². The molecule has 0 fully saturated rings. The Bertz CT molecular complexity index is 1060. The van der Waals surface area contributed by atoms with Crippen LogP contribution in [0.4, 0.5) is 8.78 Å². The van der Waals surface area contributed by atoms with Crippen molar-refractivity contribution in [2.75, 3.05) is 6.54 Å². The summed E-state index contributed by atoms with van der Waals surface area (Å²) in [6, 6.07) is 8.63. The highest BCUT2D eigenvalue weighted by atomic mass is 35.5. The Labute approximate surface area is 183 Å². The molecule has 2 heterocycles. The molecule has 7 nitrogen and oxygen atoms in total. The van der Waals surface area contributed by atoms with Crippen molar-refractivity contribution in [3.8, 4) is 11.3 Å². The number of benzene rings is 1. The summed E-state index contributed by atoms with van der Waals surface area (Å²) < 4.78 is 31.2. The Balaban J connectivity index is 1.43. The number of aromatic nitrogens is 5.